The number of aromatic nitrogens is 1. The number of hydrogen-bond acceptors (Lipinski definition) is 4. The van der Waals surface area contributed by atoms with Gasteiger partial charge in [0.25, 0.3) is 5.91 Å². The van der Waals surface area contributed by atoms with Crippen molar-refractivity contribution in [3.05, 3.63) is 53.9 Å². The lowest BCUT2D eigenvalue weighted by Gasteiger charge is -2.12. The van der Waals surface area contributed by atoms with E-state index in [0.717, 1.165) is 12.0 Å². The highest BCUT2D eigenvalue weighted by Crippen LogP contribution is 2.33. The van der Waals surface area contributed by atoms with Gasteiger partial charge in [-0.1, -0.05) is 12.1 Å². The summed E-state index contributed by atoms with van der Waals surface area (Å²) in [5, 5.41) is 2.87. The Morgan fingerprint density at radius 1 is 1.19 bits per heavy atom. The summed E-state index contributed by atoms with van der Waals surface area (Å²) < 4.78 is 11.2. The molecule has 0 radical (unpaired) electrons. The Morgan fingerprint density at radius 3 is 2.95 bits per heavy atom. The van der Waals surface area contributed by atoms with E-state index in [2.05, 4.69) is 10.3 Å². The molecule has 0 aliphatic carbocycles. The number of pyridine rings is 1. The van der Waals surface area contributed by atoms with E-state index >= 15 is 0 Å². The number of hydrogen-bond donors (Lipinski definition) is 1. The smallest absolute Gasteiger partial charge is 0.255 e. The summed E-state index contributed by atoms with van der Waals surface area (Å²) in [4.78, 5) is 16.4. The molecule has 0 bridgehead atoms. The lowest BCUT2D eigenvalue weighted by atomic mass is 10.1. The summed E-state index contributed by atoms with van der Waals surface area (Å²) in [5.41, 5.74) is 1.45. The minimum atomic E-state index is -0.179. The Labute approximate surface area is 122 Å². The summed E-state index contributed by atoms with van der Waals surface area (Å²) in [6.45, 7) is 1.59. The largest absolute Gasteiger partial charge is 0.490 e. The van der Waals surface area contributed by atoms with Gasteiger partial charge in [-0.15, -0.1) is 0 Å². The van der Waals surface area contributed by atoms with Crippen LogP contribution in [-0.4, -0.2) is 24.1 Å². The minimum absolute atomic E-state index is 0.179. The highest BCUT2D eigenvalue weighted by molar-refractivity contribution is 5.97. The van der Waals surface area contributed by atoms with Crippen LogP contribution in [0.15, 0.2) is 42.7 Å². The van der Waals surface area contributed by atoms with Crippen LogP contribution in [0.4, 0.5) is 0 Å². The summed E-state index contributed by atoms with van der Waals surface area (Å²) in [7, 11) is 0. The minimum Gasteiger partial charge on any atom is -0.490 e. The number of nitrogens with one attached hydrogen (secondary N) is 1. The van der Waals surface area contributed by atoms with E-state index in [1.165, 1.54) is 0 Å². The van der Waals surface area contributed by atoms with E-state index in [0.29, 0.717) is 36.8 Å². The Kier molecular flexibility index (Phi) is 4.00. The molecule has 21 heavy (non-hydrogen) atoms. The predicted molar refractivity (Wildman–Crippen MR) is 77.5 cm³/mol. The molecule has 0 fully saturated rings. The molecule has 0 saturated carbocycles. The maximum Gasteiger partial charge on any atom is 0.255 e. The lowest BCUT2D eigenvalue weighted by molar-refractivity contribution is 0.0946. The molecule has 1 aromatic carbocycles. The summed E-state index contributed by atoms with van der Waals surface area (Å²) in [6, 6.07) is 9.11. The van der Waals surface area contributed by atoms with Gasteiger partial charge in [0.05, 0.1) is 18.8 Å². The monoisotopic (exact) mass is 284 g/mol. The zero-order valence-corrected chi connectivity index (χ0v) is 11.5. The summed E-state index contributed by atoms with van der Waals surface area (Å²) >= 11 is 0. The Bertz CT molecular complexity index is 629. The third-order valence-electron chi connectivity index (χ3n) is 3.19. The fourth-order valence-corrected chi connectivity index (χ4v) is 2.15. The van der Waals surface area contributed by atoms with E-state index in [1.54, 1.807) is 24.5 Å². The van der Waals surface area contributed by atoms with Gasteiger partial charge in [0.15, 0.2) is 11.5 Å². The highest BCUT2D eigenvalue weighted by atomic mass is 16.5. The van der Waals surface area contributed by atoms with Gasteiger partial charge in [0.2, 0.25) is 0 Å². The number of fused-ring (bicyclic) bond motifs is 1. The molecule has 2 heterocycles. The molecule has 5 nitrogen and oxygen atoms in total. The van der Waals surface area contributed by atoms with Crippen LogP contribution in [0.5, 0.6) is 11.5 Å². The average molecular weight is 284 g/mol. The van der Waals surface area contributed by atoms with Crippen molar-refractivity contribution in [2.45, 2.75) is 13.0 Å². The first-order valence-corrected chi connectivity index (χ1v) is 6.90. The maximum atomic E-state index is 12.3. The molecular formula is C16H16N2O3. The number of rotatable bonds is 3. The van der Waals surface area contributed by atoms with Crippen molar-refractivity contribution in [3.8, 4) is 11.5 Å². The van der Waals surface area contributed by atoms with Crippen molar-refractivity contribution in [3.63, 3.8) is 0 Å². The number of carbonyl (C=O) groups excluding carboxylic acids is 1. The quantitative estimate of drug-likeness (QED) is 0.938. The van der Waals surface area contributed by atoms with Crippen LogP contribution in [0.2, 0.25) is 0 Å². The number of carbonyl (C=O) groups is 1. The molecule has 1 aliphatic heterocycles. The van der Waals surface area contributed by atoms with Crippen LogP contribution in [0.1, 0.15) is 22.3 Å². The number of benzene rings is 1. The van der Waals surface area contributed by atoms with Gasteiger partial charge in [-0.2, -0.15) is 0 Å². The summed E-state index contributed by atoms with van der Waals surface area (Å²) in [6.07, 6.45) is 4.24. The molecular weight excluding hydrogens is 268 g/mol. The van der Waals surface area contributed by atoms with Crippen LogP contribution in [-0.2, 0) is 6.54 Å². The summed E-state index contributed by atoms with van der Waals surface area (Å²) in [5.74, 6) is 0.974. The van der Waals surface area contributed by atoms with E-state index in [4.69, 9.17) is 9.47 Å². The fourth-order valence-electron chi connectivity index (χ4n) is 2.15. The van der Waals surface area contributed by atoms with Crippen LogP contribution in [0.25, 0.3) is 0 Å². The topological polar surface area (TPSA) is 60.5 Å². The fraction of sp³-hybridized carbons (Fsp3) is 0.250. The number of amides is 1. The van der Waals surface area contributed by atoms with Crippen LogP contribution in [0.3, 0.4) is 0 Å². The van der Waals surface area contributed by atoms with Crippen LogP contribution in [0, 0.1) is 0 Å². The normalized spacial score (nSPS) is 13.3. The van der Waals surface area contributed by atoms with E-state index in [9.17, 15) is 4.79 Å². The zero-order valence-electron chi connectivity index (χ0n) is 11.5. The molecule has 5 heteroatoms. The lowest BCUT2D eigenvalue weighted by Crippen LogP contribution is -2.23. The van der Waals surface area contributed by atoms with E-state index in [-0.39, 0.29) is 5.91 Å². The second kappa shape index (κ2) is 6.26. The molecule has 1 aliphatic rings. The molecule has 108 valence electrons. The molecule has 1 aromatic heterocycles. The third kappa shape index (κ3) is 3.13. The molecule has 0 saturated heterocycles. The van der Waals surface area contributed by atoms with E-state index in [1.807, 2.05) is 18.2 Å². The SMILES string of the molecule is O=C(NCc1cccnc1)c1cccc2c1OCCCO2. The Morgan fingerprint density at radius 2 is 2.10 bits per heavy atom. The molecule has 0 atom stereocenters. The van der Waals surface area contributed by atoms with Crippen molar-refractivity contribution < 1.29 is 14.3 Å². The van der Waals surface area contributed by atoms with Crippen LogP contribution >= 0.6 is 0 Å². The van der Waals surface area contributed by atoms with Crippen molar-refractivity contribution in [1.29, 1.82) is 0 Å². The second-order valence-electron chi connectivity index (χ2n) is 4.73. The van der Waals surface area contributed by atoms with Crippen molar-refractivity contribution in [1.82, 2.24) is 10.3 Å². The van der Waals surface area contributed by atoms with Gasteiger partial charge in [-0.3, -0.25) is 9.78 Å². The van der Waals surface area contributed by atoms with Gasteiger partial charge in [0, 0.05) is 25.4 Å². The number of nitrogens with zero attached hydrogens (tertiary/aromatic N) is 1. The standard InChI is InChI=1S/C16H16N2O3/c19-16(18-11-12-4-2-7-17-10-12)13-5-1-6-14-15(13)21-9-3-8-20-14/h1-2,4-7,10H,3,8-9,11H2,(H,18,19). The van der Waals surface area contributed by atoms with Gasteiger partial charge >= 0.3 is 0 Å². The van der Waals surface area contributed by atoms with Crippen molar-refractivity contribution >= 4 is 5.91 Å². The van der Waals surface area contributed by atoms with Crippen molar-refractivity contribution in [2.75, 3.05) is 13.2 Å². The van der Waals surface area contributed by atoms with Gasteiger partial charge in [-0.25, -0.2) is 0 Å². The molecule has 1 N–H and O–H groups in total. The second-order valence-corrected chi connectivity index (χ2v) is 4.73. The van der Waals surface area contributed by atoms with E-state index < -0.39 is 0 Å². The van der Waals surface area contributed by atoms with Gasteiger partial charge in [0.1, 0.15) is 0 Å². The molecule has 2 aromatic rings. The molecule has 0 unspecified atom stereocenters. The van der Waals surface area contributed by atoms with Crippen LogP contribution < -0.4 is 14.8 Å². The number of para-hydroxylation sites is 1. The zero-order chi connectivity index (χ0) is 14.5. The first-order chi connectivity index (χ1) is 10.3. The first-order valence-electron chi connectivity index (χ1n) is 6.90. The Balaban J connectivity index is 1.75. The number of ether oxygens (including phenoxy) is 2. The highest BCUT2D eigenvalue weighted by Gasteiger charge is 2.19. The predicted octanol–water partition coefficient (Wildman–Crippen LogP) is 2.17. The Hall–Kier alpha value is -2.56. The van der Waals surface area contributed by atoms with Gasteiger partial charge in [-0.05, 0) is 23.8 Å². The molecule has 0 spiro atoms. The van der Waals surface area contributed by atoms with Crippen molar-refractivity contribution in [2.24, 2.45) is 0 Å². The molecule has 1 amide bonds. The maximum absolute atomic E-state index is 12.3. The third-order valence-corrected chi connectivity index (χ3v) is 3.19. The van der Waals surface area contributed by atoms with Gasteiger partial charge < -0.3 is 14.8 Å². The molecule has 3 rings (SSSR count). The average Bonchev–Trinajstić information content (AvgIpc) is 2.78. The first kappa shape index (κ1) is 13.4.